The average Bonchev–Trinajstić information content (AvgIpc) is 2.75. The average molecular weight is 299 g/mol. The molecule has 108 valence electrons. The Hall–Kier alpha value is -2.33. The van der Waals surface area contributed by atoms with Crippen molar-refractivity contribution < 1.29 is 9.53 Å². The fourth-order valence-electron chi connectivity index (χ4n) is 1.86. The van der Waals surface area contributed by atoms with E-state index in [2.05, 4.69) is 0 Å². The minimum absolute atomic E-state index is 0.329. The van der Waals surface area contributed by atoms with E-state index in [9.17, 15) is 4.79 Å². The van der Waals surface area contributed by atoms with Gasteiger partial charge in [-0.25, -0.2) is 4.79 Å². The molecular weight excluding hydrogens is 282 g/mol. The first-order valence-electron chi connectivity index (χ1n) is 6.68. The number of nitrogens with two attached hydrogens (primary N) is 1. The van der Waals surface area contributed by atoms with Crippen molar-refractivity contribution in [1.29, 1.82) is 0 Å². The quantitative estimate of drug-likeness (QED) is 0.832. The summed E-state index contributed by atoms with van der Waals surface area (Å²) >= 11 is 1.38. The summed E-state index contributed by atoms with van der Waals surface area (Å²) in [6, 6.07) is 0. The maximum atomic E-state index is 12.1. The second kappa shape index (κ2) is 7.45. The second-order valence-corrected chi connectivity index (χ2v) is 5.30. The Kier molecular flexibility index (Phi) is 5.35. The lowest BCUT2D eigenvalue weighted by molar-refractivity contribution is 0.0528. The third kappa shape index (κ3) is 3.83. The zero-order valence-corrected chi connectivity index (χ0v) is 12.6. The molecule has 0 aromatic carbocycles. The summed E-state index contributed by atoms with van der Waals surface area (Å²) in [5, 5.41) is 0.480. The van der Waals surface area contributed by atoms with Crippen LogP contribution in [0.1, 0.15) is 27.7 Å². The van der Waals surface area contributed by atoms with E-state index >= 15 is 0 Å². The van der Waals surface area contributed by atoms with Crippen LogP contribution in [0.3, 0.4) is 0 Å². The molecule has 0 fully saturated rings. The Balaban J connectivity index is 2.50. The van der Waals surface area contributed by atoms with Gasteiger partial charge in [-0.15, -0.1) is 11.3 Å². The Morgan fingerprint density at radius 1 is 1.05 bits per heavy atom. The van der Waals surface area contributed by atoms with Gasteiger partial charge < -0.3 is 10.5 Å². The molecule has 0 saturated heterocycles. The van der Waals surface area contributed by atoms with Gasteiger partial charge in [-0.1, -0.05) is 54.7 Å². The van der Waals surface area contributed by atoms with Crippen molar-refractivity contribution in [2.45, 2.75) is 6.92 Å². The van der Waals surface area contributed by atoms with Gasteiger partial charge in [0.2, 0.25) is 0 Å². The van der Waals surface area contributed by atoms with Gasteiger partial charge in [0, 0.05) is 10.4 Å². The molecule has 1 aliphatic rings. The van der Waals surface area contributed by atoms with Crippen molar-refractivity contribution in [3.05, 3.63) is 64.6 Å². The fourth-order valence-corrected chi connectivity index (χ4v) is 2.82. The molecule has 21 heavy (non-hydrogen) atoms. The lowest BCUT2D eigenvalue weighted by atomic mass is 10.1. The predicted molar refractivity (Wildman–Crippen MR) is 90.2 cm³/mol. The van der Waals surface area contributed by atoms with Crippen molar-refractivity contribution in [2.75, 3.05) is 12.3 Å². The number of thiophene rings is 1. The molecule has 0 saturated carbocycles. The minimum atomic E-state index is -0.378. The second-order valence-electron chi connectivity index (χ2n) is 4.21. The number of hydrogen-bond donors (Lipinski definition) is 1. The first kappa shape index (κ1) is 15.1. The Labute approximate surface area is 128 Å². The van der Waals surface area contributed by atoms with Crippen LogP contribution in [0.15, 0.2) is 48.6 Å². The monoisotopic (exact) mass is 299 g/mol. The number of carbonyl (C=O) groups excluding carboxylic acids is 1. The summed E-state index contributed by atoms with van der Waals surface area (Å²) in [4.78, 5) is 13.0. The van der Waals surface area contributed by atoms with Crippen LogP contribution in [-0.2, 0) is 4.74 Å². The molecule has 1 aliphatic carbocycles. The lowest BCUT2D eigenvalue weighted by Crippen LogP contribution is -2.07. The van der Waals surface area contributed by atoms with E-state index in [1.54, 1.807) is 6.92 Å². The summed E-state index contributed by atoms with van der Waals surface area (Å²) in [5.41, 5.74) is 7.24. The number of carbonyl (C=O) groups is 1. The number of hydrogen-bond acceptors (Lipinski definition) is 4. The minimum Gasteiger partial charge on any atom is -0.462 e. The van der Waals surface area contributed by atoms with Crippen molar-refractivity contribution in [3.63, 3.8) is 0 Å². The van der Waals surface area contributed by atoms with Gasteiger partial charge in [-0.05, 0) is 13.0 Å². The molecule has 0 radical (unpaired) electrons. The molecule has 0 aliphatic heterocycles. The third-order valence-corrected chi connectivity index (χ3v) is 3.77. The van der Waals surface area contributed by atoms with Crippen molar-refractivity contribution in [1.82, 2.24) is 0 Å². The molecule has 2 rings (SSSR count). The van der Waals surface area contributed by atoms with Crippen molar-refractivity contribution in [2.24, 2.45) is 0 Å². The van der Waals surface area contributed by atoms with Gasteiger partial charge in [0.15, 0.2) is 0 Å². The highest BCUT2D eigenvalue weighted by molar-refractivity contribution is 7.17. The Morgan fingerprint density at radius 3 is 2.24 bits per heavy atom. The topological polar surface area (TPSA) is 52.3 Å². The molecule has 0 amide bonds. The zero-order valence-electron chi connectivity index (χ0n) is 11.8. The van der Waals surface area contributed by atoms with E-state index in [1.807, 2.05) is 60.8 Å². The number of nitrogen functional groups attached to an aromatic ring is 1. The normalized spacial score (nSPS) is 21.2. The summed E-state index contributed by atoms with van der Waals surface area (Å²) in [6.07, 6.45) is 19.2. The molecule has 2 N–H and O–H groups in total. The van der Waals surface area contributed by atoms with Gasteiger partial charge >= 0.3 is 5.97 Å². The highest BCUT2D eigenvalue weighted by Crippen LogP contribution is 2.34. The van der Waals surface area contributed by atoms with Gasteiger partial charge in [0.1, 0.15) is 10.6 Å². The first-order chi connectivity index (χ1) is 10.2. The van der Waals surface area contributed by atoms with Gasteiger partial charge in [-0.3, -0.25) is 0 Å². The number of rotatable bonds is 2. The van der Waals surface area contributed by atoms with Gasteiger partial charge in [-0.2, -0.15) is 0 Å². The van der Waals surface area contributed by atoms with Crippen LogP contribution in [0, 0.1) is 0 Å². The van der Waals surface area contributed by atoms with Crippen LogP contribution in [-0.4, -0.2) is 12.6 Å². The molecule has 0 unspecified atom stereocenters. The molecule has 3 nitrogen and oxygen atoms in total. The van der Waals surface area contributed by atoms with E-state index in [-0.39, 0.29) is 5.97 Å². The van der Waals surface area contributed by atoms with Crippen molar-refractivity contribution in [3.8, 4) is 0 Å². The third-order valence-electron chi connectivity index (χ3n) is 2.77. The Bertz CT molecular complexity index is 661. The van der Waals surface area contributed by atoms with Crippen LogP contribution in [0.25, 0.3) is 12.2 Å². The van der Waals surface area contributed by atoms with Crippen LogP contribution < -0.4 is 5.73 Å². The molecule has 0 atom stereocenters. The zero-order chi connectivity index (χ0) is 15.1. The highest BCUT2D eigenvalue weighted by atomic mass is 32.1. The predicted octanol–water partition coefficient (Wildman–Crippen LogP) is 4.22. The summed E-state index contributed by atoms with van der Waals surface area (Å²) in [5.74, 6) is -0.378. The van der Waals surface area contributed by atoms with E-state index in [0.29, 0.717) is 17.2 Å². The standard InChI is InChI=1S/C17H17NO2S/c1-2-20-17(19)15-13-11-9-7-5-3-4-6-8-10-12-14(13)21-16(15)18/h3-12H,2,18H2,1H3/b4-3-,5-3?,6-4?,7-5-,8-6-,9-7?,10-8?,11-9-,12-10-,13-11?,14-12?. The van der Waals surface area contributed by atoms with E-state index in [0.717, 1.165) is 10.4 Å². The molecule has 1 aromatic rings. The van der Waals surface area contributed by atoms with Gasteiger partial charge in [0.25, 0.3) is 0 Å². The lowest BCUT2D eigenvalue weighted by Gasteiger charge is -2.02. The van der Waals surface area contributed by atoms with Crippen LogP contribution >= 0.6 is 11.3 Å². The van der Waals surface area contributed by atoms with Crippen LogP contribution in [0.4, 0.5) is 5.00 Å². The Morgan fingerprint density at radius 2 is 1.62 bits per heavy atom. The number of ether oxygens (including phenoxy) is 1. The summed E-state index contributed by atoms with van der Waals surface area (Å²) in [7, 11) is 0. The molecule has 0 bridgehead atoms. The highest BCUT2D eigenvalue weighted by Gasteiger charge is 2.20. The number of anilines is 1. The maximum Gasteiger partial charge on any atom is 0.341 e. The fraction of sp³-hybridized carbons (Fsp3) is 0.118. The first-order valence-corrected chi connectivity index (χ1v) is 7.49. The van der Waals surface area contributed by atoms with Crippen LogP contribution in [0.2, 0.25) is 0 Å². The molecular formula is C17H17NO2S. The SMILES string of the molecule is CCOC(=O)c1c(N)sc2c1\C=C/C=C\C=C/C=C\C=C/2. The van der Waals surface area contributed by atoms with Crippen LogP contribution in [0.5, 0.6) is 0 Å². The van der Waals surface area contributed by atoms with Crippen molar-refractivity contribution >= 4 is 34.5 Å². The molecule has 1 aromatic heterocycles. The van der Waals surface area contributed by atoms with E-state index in [4.69, 9.17) is 10.5 Å². The number of esters is 1. The smallest absolute Gasteiger partial charge is 0.341 e. The molecule has 1 heterocycles. The molecule has 0 spiro atoms. The number of allylic oxidation sites excluding steroid dienone is 8. The molecule has 4 heteroatoms. The maximum absolute atomic E-state index is 12.1. The van der Waals surface area contributed by atoms with E-state index in [1.165, 1.54) is 11.3 Å². The number of fused-ring (bicyclic) bond motifs is 1. The summed E-state index contributed by atoms with van der Waals surface area (Å²) < 4.78 is 5.09. The summed E-state index contributed by atoms with van der Waals surface area (Å²) in [6.45, 7) is 2.11. The van der Waals surface area contributed by atoms with E-state index < -0.39 is 0 Å². The van der Waals surface area contributed by atoms with Gasteiger partial charge in [0.05, 0.1) is 6.61 Å². The largest absolute Gasteiger partial charge is 0.462 e.